The first-order chi connectivity index (χ1) is 9.52. The molecule has 0 spiro atoms. The molecule has 2 aromatic rings. The number of benzene rings is 2. The molecule has 5 heteroatoms. The first-order valence-electron chi connectivity index (χ1n) is 6.08. The standard InChI is InChI=1S/C15H13BrClF2N/c1-20-14(6-9-4-2-3-5-11(9)17)15-12(18)7-10(16)8-13(15)19/h2-5,7-8,14,20H,6H2,1H3. The van der Waals surface area contributed by atoms with Crippen LogP contribution in [0.2, 0.25) is 5.02 Å². The van der Waals surface area contributed by atoms with E-state index in [4.69, 9.17) is 11.6 Å². The number of hydrogen-bond donors (Lipinski definition) is 1. The van der Waals surface area contributed by atoms with Crippen molar-refractivity contribution in [3.63, 3.8) is 0 Å². The van der Waals surface area contributed by atoms with E-state index in [0.29, 0.717) is 15.9 Å². The van der Waals surface area contributed by atoms with E-state index < -0.39 is 17.7 Å². The molecule has 0 saturated heterocycles. The van der Waals surface area contributed by atoms with Gasteiger partial charge in [-0.05, 0) is 37.2 Å². The molecule has 0 bridgehead atoms. The quantitative estimate of drug-likeness (QED) is 0.819. The highest BCUT2D eigenvalue weighted by atomic mass is 79.9. The van der Waals surface area contributed by atoms with Crippen molar-refractivity contribution in [3.8, 4) is 0 Å². The Balaban J connectivity index is 2.37. The Morgan fingerprint density at radius 2 is 1.80 bits per heavy atom. The van der Waals surface area contributed by atoms with Crippen molar-refractivity contribution < 1.29 is 8.78 Å². The Bertz CT molecular complexity index is 596. The zero-order chi connectivity index (χ0) is 14.7. The van der Waals surface area contributed by atoms with Gasteiger partial charge in [-0.1, -0.05) is 45.7 Å². The third-order valence-electron chi connectivity index (χ3n) is 3.12. The Kier molecular flexibility index (Phi) is 5.13. The number of hydrogen-bond acceptors (Lipinski definition) is 1. The van der Waals surface area contributed by atoms with Crippen LogP contribution in [0.25, 0.3) is 0 Å². The van der Waals surface area contributed by atoms with Crippen LogP contribution in [0.4, 0.5) is 8.78 Å². The van der Waals surface area contributed by atoms with E-state index in [2.05, 4.69) is 21.2 Å². The smallest absolute Gasteiger partial charge is 0.132 e. The minimum absolute atomic E-state index is 0.0237. The van der Waals surface area contributed by atoms with Gasteiger partial charge >= 0.3 is 0 Å². The fourth-order valence-corrected chi connectivity index (χ4v) is 2.73. The summed E-state index contributed by atoms with van der Waals surface area (Å²) in [6, 6.07) is 9.32. The van der Waals surface area contributed by atoms with E-state index in [1.807, 2.05) is 18.2 Å². The lowest BCUT2D eigenvalue weighted by Crippen LogP contribution is -2.21. The normalized spacial score (nSPS) is 12.4. The number of rotatable bonds is 4. The van der Waals surface area contributed by atoms with Crippen molar-refractivity contribution >= 4 is 27.5 Å². The average Bonchev–Trinajstić information content (AvgIpc) is 2.38. The molecule has 0 heterocycles. The van der Waals surface area contributed by atoms with Crippen molar-refractivity contribution in [3.05, 3.63) is 68.7 Å². The monoisotopic (exact) mass is 359 g/mol. The minimum Gasteiger partial charge on any atom is -0.313 e. The third-order valence-corrected chi connectivity index (χ3v) is 3.95. The fourth-order valence-electron chi connectivity index (χ4n) is 2.12. The molecule has 106 valence electrons. The predicted octanol–water partition coefficient (Wildman–Crippen LogP) is 4.88. The maximum absolute atomic E-state index is 14.0. The van der Waals surface area contributed by atoms with Gasteiger partial charge in [0.05, 0.1) is 0 Å². The van der Waals surface area contributed by atoms with Crippen LogP contribution in [-0.4, -0.2) is 7.05 Å². The summed E-state index contributed by atoms with van der Waals surface area (Å²) in [7, 11) is 1.67. The van der Waals surface area contributed by atoms with Crippen molar-refractivity contribution in [1.29, 1.82) is 0 Å². The first-order valence-corrected chi connectivity index (χ1v) is 7.25. The molecule has 2 rings (SSSR count). The molecule has 20 heavy (non-hydrogen) atoms. The van der Waals surface area contributed by atoms with Crippen LogP contribution in [0, 0.1) is 11.6 Å². The SMILES string of the molecule is CNC(Cc1ccccc1Cl)c1c(F)cc(Br)cc1F. The van der Waals surface area contributed by atoms with Crippen LogP contribution in [0.15, 0.2) is 40.9 Å². The van der Waals surface area contributed by atoms with Gasteiger partial charge in [-0.3, -0.25) is 0 Å². The summed E-state index contributed by atoms with van der Waals surface area (Å²) in [4.78, 5) is 0. The van der Waals surface area contributed by atoms with Gasteiger partial charge in [0.1, 0.15) is 11.6 Å². The van der Waals surface area contributed by atoms with Gasteiger partial charge in [0.25, 0.3) is 0 Å². The van der Waals surface area contributed by atoms with Gasteiger partial charge in [-0.25, -0.2) is 8.78 Å². The van der Waals surface area contributed by atoms with Crippen molar-refractivity contribution in [2.75, 3.05) is 7.05 Å². The molecule has 0 radical (unpaired) electrons. The minimum atomic E-state index is -0.580. The van der Waals surface area contributed by atoms with E-state index in [9.17, 15) is 8.78 Å². The van der Waals surface area contributed by atoms with Gasteiger partial charge in [-0.15, -0.1) is 0 Å². The lowest BCUT2D eigenvalue weighted by molar-refractivity contribution is 0.488. The molecule has 1 unspecified atom stereocenters. The van der Waals surface area contributed by atoms with Gasteiger partial charge in [0, 0.05) is 21.1 Å². The topological polar surface area (TPSA) is 12.0 Å². The Labute approximate surface area is 130 Å². The lowest BCUT2D eigenvalue weighted by Gasteiger charge is -2.19. The second-order valence-corrected chi connectivity index (χ2v) is 5.74. The summed E-state index contributed by atoms with van der Waals surface area (Å²) in [5.74, 6) is -1.16. The van der Waals surface area contributed by atoms with Crippen molar-refractivity contribution in [2.45, 2.75) is 12.5 Å². The van der Waals surface area contributed by atoms with Crippen LogP contribution in [-0.2, 0) is 6.42 Å². The summed E-state index contributed by atoms with van der Waals surface area (Å²) in [6.07, 6.45) is 0.408. The number of likely N-dealkylation sites (N-methyl/N-ethyl adjacent to an activating group) is 1. The first kappa shape index (κ1) is 15.4. The Hall–Kier alpha value is -0.970. The molecule has 0 saturated carbocycles. The van der Waals surface area contributed by atoms with Crippen molar-refractivity contribution in [1.82, 2.24) is 5.32 Å². The maximum Gasteiger partial charge on any atom is 0.132 e. The summed E-state index contributed by atoms with van der Waals surface area (Å²) >= 11 is 9.17. The average molecular weight is 361 g/mol. The van der Waals surface area contributed by atoms with Gasteiger partial charge < -0.3 is 5.32 Å². The zero-order valence-corrected chi connectivity index (χ0v) is 13.1. The molecule has 1 N–H and O–H groups in total. The van der Waals surface area contributed by atoms with Crippen LogP contribution >= 0.6 is 27.5 Å². The summed E-state index contributed by atoms with van der Waals surface area (Å²) in [6.45, 7) is 0. The largest absolute Gasteiger partial charge is 0.313 e. The molecule has 0 aromatic heterocycles. The van der Waals surface area contributed by atoms with E-state index in [1.165, 1.54) is 12.1 Å². The van der Waals surface area contributed by atoms with Gasteiger partial charge in [0.2, 0.25) is 0 Å². The van der Waals surface area contributed by atoms with Crippen LogP contribution in [0.1, 0.15) is 17.2 Å². The van der Waals surface area contributed by atoms with Crippen molar-refractivity contribution in [2.24, 2.45) is 0 Å². The molecule has 1 atom stereocenters. The molecular formula is C15H13BrClF2N. The highest BCUT2D eigenvalue weighted by Gasteiger charge is 2.20. The Morgan fingerprint density at radius 1 is 1.20 bits per heavy atom. The van der Waals surface area contributed by atoms with Crippen LogP contribution in [0.5, 0.6) is 0 Å². The predicted molar refractivity (Wildman–Crippen MR) is 81.0 cm³/mol. The molecule has 0 aliphatic heterocycles. The molecule has 0 aliphatic carbocycles. The Morgan fingerprint density at radius 3 is 2.35 bits per heavy atom. The van der Waals surface area contributed by atoms with E-state index in [-0.39, 0.29) is 5.56 Å². The molecule has 1 nitrogen and oxygen atoms in total. The van der Waals surface area contributed by atoms with E-state index in [1.54, 1.807) is 13.1 Å². The summed E-state index contributed by atoms with van der Waals surface area (Å²) in [5, 5.41) is 3.53. The maximum atomic E-state index is 14.0. The fraction of sp³-hybridized carbons (Fsp3) is 0.200. The van der Waals surface area contributed by atoms with Crippen LogP contribution < -0.4 is 5.32 Å². The summed E-state index contributed by atoms with van der Waals surface area (Å²) in [5.41, 5.74) is 0.867. The zero-order valence-electron chi connectivity index (χ0n) is 10.8. The number of nitrogens with one attached hydrogen (secondary N) is 1. The van der Waals surface area contributed by atoms with Gasteiger partial charge in [-0.2, -0.15) is 0 Å². The molecule has 2 aromatic carbocycles. The summed E-state index contributed by atoms with van der Waals surface area (Å²) < 4.78 is 28.4. The molecule has 0 amide bonds. The van der Waals surface area contributed by atoms with Crippen LogP contribution in [0.3, 0.4) is 0 Å². The highest BCUT2D eigenvalue weighted by molar-refractivity contribution is 9.10. The molecule has 0 aliphatic rings. The van der Waals surface area contributed by atoms with Gasteiger partial charge in [0.15, 0.2) is 0 Å². The van der Waals surface area contributed by atoms with E-state index >= 15 is 0 Å². The lowest BCUT2D eigenvalue weighted by atomic mass is 9.98. The van der Waals surface area contributed by atoms with E-state index in [0.717, 1.165) is 5.56 Å². The second kappa shape index (κ2) is 6.66. The number of halogens is 4. The molecule has 0 fully saturated rings. The second-order valence-electron chi connectivity index (χ2n) is 4.42. The third kappa shape index (κ3) is 3.37. The molecular weight excluding hydrogens is 348 g/mol. The highest BCUT2D eigenvalue weighted by Crippen LogP contribution is 2.28.